The Balaban J connectivity index is 2.38. The van der Waals surface area contributed by atoms with Gasteiger partial charge < -0.3 is 19.0 Å². The summed E-state index contributed by atoms with van der Waals surface area (Å²) >= 11 is 0. The maximum atomic E-state index is 9.00. The van der Waals surface area contributed by atoms with E-state index in [0.717, 1.165) is 28.3 Å². The average molecular weight is 320 g/mol. The SMILES string of the molecule is COc1ccc(-c2nc(CN(C)CCO)c(C)o2)c(OC)c1C. The van der Waals surface area contributed by atoms with Crippen LogP contribution in [0, 0.1) is 13.8 Å². The first-order valence-electron chi connectivity index (χ1n) is 7.49. The van der Waals surface area contributed by atoms with Gasteiger partial charge in [-0.15, -0.1) is 0 Å². The van der Waals surface area contributed by atoms with E-state index in [-0.39, 0.29) is 6.61 Å². The summed E-state index contributed by atoms with van der Waals surface area (Å²) in [7, 11) is 5.19. The number of oxazole rings is 1. The highest BCUT2D eigenvalue weighted by Crippen LogP contribution is 2.37. The largest absolute Gasteiger partial charge is 0.496 e. The summed E-state index contributed by atoms with van der Waals surface area (Å²) in [5.74, 6) is 2.75. The Morgan fingerprint density at radius 3 is 2.57 bits per heavy atom. The van der Waals surface area contributed by atoms with E-state index in [1.807, 2.05) is 37.9 Å². The van der Waals surface area contributed by atoms with Crippen LogP contribution in [0.25, 0.3) is 11.5 Å². The number of hydrogen-bond acceptors (Lipinski definition) is 6. The summed E-state index contributed by atoms with van der Waals surface area (Å²) in [5.41, 5.74) is 2.55. The Morgan fingerprint density at radius 2 is 1.96 bits per heavy atom. The number of aliphatic hydroxyl groups is 1. The molecule has 126 valence electrons. The number of aryl methyl sites for hydroxylation is 1. The quantitative estimate of drug-likeness (QED) is 0.845. The lowest BCUT2D eigenvalue weighted by molar-refractivity contribution is 0.215. The summed E-state index contributed by atoms with van der Waals surface area (Å²) in [6, 6.07) is 3.77. The van der Waals surface area contributed by atoms with Crippen molar-refractivity contribution in [1.82, 2.24) is 9.88 Å². The van der Waals surface area contributed by atoms with Crippen molar-refractivity contribution in [1.29, 1.82) is 0 Å². The normalized spacial score (nSPS) is 11.1. The van der Waals surface area contributed by atoms with Crippen molar-refractivity contribution in [2.75, 3.05) is 34.4 Å². The molecule has 0 bridgehead atoms. The highest BCUT2D eigenvalue weighted by molar-refractivity contribution is 5.68. The molecule has 0 aliphatic rings. The lowest BCUT2D eigenvalue weighted by atomic mass is 10.1. The number of benzene rings is 1. The molecule has 1 N–H and O–H groups in total. The molecule has 2 rings (SSSR count). The molecule has 1 aromatic carbocycles. The first-order valence-corrected chi connectivity index (χ1v) is 7.49. The van der Waals surface area contributed by atoms with Crippen LogP contribution in [-0.4, -0.2) is 49.4 Å². The molecule has 0 aliphatic carbocycles. The molecule has 6 nitrogen and oxygen atoms in total. The van der Waals surface area contributed by atoms with Gasteiger partial charge in [0.25, 0.3) is 0 Å². The van der Waals surface area contributed by atoms with Crippen molar-refractivity contribution in [3.8, 4) is 23.0 Å². The maximum absolute atomic E-state index is 9.00. The summed E-state index contributed by atoms with van der Waals surface area (Å²) in [6.07, 6.45) is 0. The van der Waals surface area contributed by atoms with Crippen LogP contribution in [0.2, 0.25) is 0 Å². The predicted molar refractivity (Wildman–Crippen MR) is 87.9 cm³/mol. The monoisotopic (exact) mass is 320 g/mol. The van der Waals surface area contributed by atoms with Crippen LogP contribution in [0.3, 0.4) is 0 Å². The van der Waals surface area contributed by atoms with Crippen LogP contribution in [0.4, 0.5) is 0 Å². The Kier molecular flexibility index (Phi) is 5.63. The first-order chi connectivity index (χ1) is 11.0. The fraction of sp³-hybridized carbons (Fsp3) is 0.471. The third-order valence-electron chi connectivity index (χ3n) is 3.80. The molecule has 0 amide bonds. The van der Waals surface area contributed by atoms with Gasteiger partial charge in [-0.3, -0.25) is 4.90 Å². The van der Waals surface area contributed by atoms with Gasteiger partial charge in [0.2, 0.25) is 5.89 Å². The second-order valence-electron chi connectivity index (χ2n) is 5.46. The fourth-order valence-electron chi connectivity index (χ4n) is 2.52. The lowest BCUT2D eigenvalue weighted by Crippen LogP contribution is -2.22. The minimum Gasteiger partial charge on any atom is -0.496 e. The van der Waals surface area contributed by atoms with Crippen molar-refractivity contribution in [3.63, 3.8) is 0 Å². The van der Waals surface area contributed by atoms with E-state index in [0.29, 0.717) is 24.7 Å². The topological polar surface area (TPSA) is 68.0 Å². The number of hydrogen-bond donors (Lipinski definition) is 1. The van der Waals surface area contributed by atoms with E-state index in [1.54, 1.807) is 14.2 Å². The molecule has 0 unspecified atom stereocenters. The molecule has 0 saturated carbocycles. The van der Waals surface area contributed by atoms with Gasteiger partial charge in [-0.25, -0.2) is 4.98 Å². The number of aliphatic hydroxyl groups excluding tert-OH is 1. The third-order valence-corrected chi connectivity index (χ3v) is 3.80. The maximum Gasteiger partial charge on any atom is 0.230 e. The number of nitrogens with zero attached hydrogens (tertiary/aromatic N) is 2. The second-order valence-corrected chi connectivity index (χ2v) is 5.46. The highest BCUT2D eigenvalue weighted by atomic mass is 16.5. The molecule has 2 aromatic rings. The predicted octanol–water partition coefficient (Wildman–Crippen LogP) is 2.40. The van der Waals surface area contributed by atoms with E-state index in [1.165, 1.54) is 0 Å². The van der Waals surface area contributed by atoms with Gasteiger partial charge in [-0.2, -0.15) is 0 Å². The van der Waals surface area contributed by atoms with Gasteiger partial charge in [0.1, 0.15) is 17.3 Å². The Hall–Kier alpha value is -2.05. The van der Waals surface area contributed by atoms with Gasteiger partial charge in [0.15, 0.2) is 0 Å². The molecule has 0 aliphatic heterocycles. The van der Waals surface area contributed by atoms with Crippen LogP contribution in [0.1, 0.15) is 17.0 Å². The van der Waals surface area contributed by atoms with E-state index >= 15 is 0 Å². The minimum absolute atomic E-state index is 0.117. The van der Waals surface area contributed by atoms with E-state index < -0.39 is 0 Å². The van der Waals surface area contributed by atoms with Gasteiger partial charge in [-0.05, 0) is 33.0 Å². The summed E-state index contributed by atoms with van der Waals surface area (Å²) < 4.78 is 16.7. The number of rotatable bonds is 7. The Morgan fingerprint density at radius 1 is 1.22 bits per heavy atom. The fourth-order valence-corrected chi connectivity index (χ4v) is 2.52. The molecular weight excluding hydrogens is 296 g/mol. The molecule has 6 heteroatoms. The molecule has 1 aromatic heterocycles. The van der Waals surface area contributed by atoms with E-state index in [4.69, 9.17) is 19.0 Å². The molecule has 0 radical (unpaired) electrons. The van der Waals surface area contributed by atoms with Crippen molar-refractivity contribution in [3.05, 3.63) is 29.2 Å². The van der Waals surface area contributed by atoms with Crippen LogP contribution in [-0.2, 0) is 6.54 Å². The number of likely N-dealkylation sites (N-methyl/N-ethyl adjacent to an activating group) is 1. The van der Waals surface area contributed by atoms with Crippen LogP contribution in [0.15, 0.2) is 16.5 Å². The van der Waals surface area contributed by atoms with E-state index in [9.17, 15) is 0 Å². The van der Waals surface area contributed by atoms with E-state index in [2.05, 4.69) is 4.98 Å². The zero-order valence-corrected chi connectivity index (χ0v) is 14.3. The zero-order valence-electron chi connectivity index (χ0n) is 14.3. The summed E-state index contributed by atoms with van der Waals surface area (Å²) in [5, 5.41) is 9.00. The van der Waals surface area contributed by atoms with Crippen molar-refractivity contribution in [2.45, 2.75) is 20.4 Å². The molecule has 23 heavy (non-hydrogen) atoms. The molecule has 1 heterocycles. The highest BCUT2D eigenvalue weighted by Gasteiger charge is 2.19. The molecule has 0 spiro atoms. The smallest absolute Gasteiger partial charge is 0.230 e. The lowest BCUT2D eigenvalue weighted by Gasteiger charge is -2.13. The Labute approximate surface area is 136 Å². The number of methoxy groups -OCH3 is 2. The van der Waals surface area contributed by atoms with Crippen molar-refractivity contribution in [2.24, 2.45) is 0 Å². The van der Waals surface area contributed by atoms with Crippen LogP contribution >= 0.6 is 0 Å². The zero-order chi connectivity index (χ0) is 17.0. The van der Waals surface area contributed by atoms with Gasteiger partial charge in [-0.1, -0.05) is 0 Å². The third kappa shape index (κ3) is 3.65. The number of aromatic nitrogens is 1. The first kappa shape index (κ1) is 17.3. The van der Waals surface area contributed by atoms with Crippen LogP contribution in [0.5, 0.6) is 11.5 Å². The van der Waals surface area contributed by atoms with Gasteiger partial charge in [0, 0.05) is 18.7 Å². The van der Waals surface area contributed by atoms with Crippen molar-refractivity contribution >= 4 is 0 Å². The van der Waals surface area contributed by atoms with Gasteiger partial charge in [0.05, 0.1) is 32.1 Å². The number of ether oxygens (including phenoxy) is 2. The van der Waals surface area contributed by atoms with Gasteiger partial charge >= 0.3 is 0 Å². The minimum atomic E-state index is 0.117. The second kappa shape index (κ2) is 7.48. The summed E-state index contributed by atoms with van der Waals surface area (Å²) in [4.78, 5) is 6.59. The average Bonchev–Trinajstić information content (AvgIpc) is 2.88. The standard InChI is InChI=1S/C17H24N2O4/c1-11-15(21-4)7-6-13(16(11)22-5)17-18-14(12(2)23-17)10-19(3)8-9-20/h6-7,20H,8-10H2,1-5H3. The molecule has 0 atom stereocenters. The molecule has 0 fully saturated rings. The van der Waals surface area contributed by atoms with Crippen LogP contribution < -0.4 is 9.47 Å². The molecular formula is C17H24N2O4. The van der Waals surface area contributed by atoms with Crippen molar-refractivity contribution < 1.29 is 19.0 Å². The summed E-state index contributed by atoms with van der Waals surface area (Å²) in [6.45, 7) is 5.15. The molecule has 0 saturated heterocycles. The Bertz CT molecular complexity index is 667.